The van der Waals surface area contributed by atoms with Crippen LogP contribution in [0.1, 0.15) is 42.6 Å². The molecule has 3 N–H and O–H groups in total. The number of carbonyl (C=O) groups is 5. The molecule has 0 bridgehead atoms. The van der Waals surface area contributed by atoms with Crippen molar-refractivity contribution in [2.24, 2.45) is 5.92 Å². The van der Waals surface area contributed by atoms with E-state index in [4.69, 9.17) is 4.74 Å². The minimum atomic E-state index is -1.32. The Morgan fingerprint density at radius 3 is 2.23 bits per heavy atom. The SMILES string of the molecule is CC(C)C[C@H](NC(=O)c1ccc(N(C)C)cc1)C(=O)N1CC[C@@H]2[C@H]1C(=O)CN2C(=O)C(CO)NC(=O)OCc1ccccc1. The van der Waals surface area contributed by atoms with E-state index in [1.807, 2.05) is 51.0 Å². The van der Waals surface area contributed by atoms with Crippen LogP contribution < -0.4 is 15.5 Å². The molecule has 0 aliphatic carbocycles. The first-order valence-electron chi connectivity index (χ1n) is 14.8. The zero-order valence-electron chi connectivity index (χ0n) is 25.6. The molecule has 0 saturated carbocycles. The molecule has 0 spiro atoms. The number of rotatable bonds is 11. The second kappa shape index (κ2) is 14.3. The summed E-state index contributed by atoms with van der Waals surface area (Å²) in [5.41, 5.74) is 2.10. The summed E-state index contributed by atoms with van der Waals surface area (Å²) in [6.45, 7) is 3.15. The van der Waals surface area contributed by atoms with Crippen LogP contribution in [0.5, 0.6) is 0 Å². The summed E-state index contributed by atoms with van der Waals surface area (Å²) >= 11 is 0. The Morgan fingerprint density at radius 1 is 0.955 bits per heavy atom. The van der Waals surface area contributed by atoms with E-state index in [-0.39, 0.29) is 37.3 Å². The highest BCUT2D eigenvalue weighted by atomic mass is 16.5. The zero-order valence-corrected chi connectivity index (χ0v) is 25.6. The standard InChI is InChI=1S/C32H41N5O7/c1-20(2)16-24(33-29(40)22-10-12-23(13-11-22)35(3)4)30(41)36-15-14-26-28(36)27(39)17-37(26)31(42)25(18-38)34-32(43)44-19-21-8-6-5-7-9-21/h5-13,20,24-26,28,38H,14-19H2,1-4H3,(H,33,40)(H,34,43)/t24-,25?,26+,28-/m0/s1. The van der Waals surface area contributed by atoms with Crippen molar-refractivity contribution in [2.75, 3.05) is 38.7 Å². The lowest BCUT2D eigenvalue weighted by molar-refractivity contribution is -0.138. The van der Waals surface area contributed by atoms with Gasteiger partial charge in [-0.05, 0) is 48.6 Å². The molecule has 1 unspecified atom stereocenters. The number of hydrogen-bond acceptors (Lipinski definition) is 8. The fourth-order valence-electron chi connectivity index (χ4n) is 5.70. The number of alkyl carbamates (subject to hydrolysis) is 1. The number of ether oxygens (including phenoxy) is 1. The molecule has 4 atom stereocenters. The maximum absolute atomic E-state index is 13.8. The quantitative estimate of drug-likeness (QED) is 0.349. The number of ketones is 1. The van der Waals surface area contributed by atoms with Crippen molar-refractivity contribution in [2.45, 2.75) is 57.5 Å². The lowest BCUT2D eigenvalue weighted by Crippen LogP contribution is -2.54. The van der Waals surface area contributed by atoms with Crippen molar-refractivity contribution in [1.82, 2.24) is 20.4 Å². The molecule has 44 heavy (non-hydrogen) atoms. The monoisotopic (exact) mass is 607 g/mol. The molecule has 12 nitrogen and oxygen atoms in total. The highest BCUT2D eigenvalue weighted by Gasteiger charge is 2.53. The van der Waals surface area contributed by atoms with Gasteiger partial charge in [0.2, 0.25) is 11.8 Å². The van der Waals surface area contributed by atoms with Crippen LogP contribution in [0.2, 0.25) is 0 Å². The molecule has 2 aliphatic heterocycles. The zero-order chi connectivity index (χ0) is 32.0. The Labute approximate surface area is 257 Å². The van der Waals surface area contributed by atoms with Crippen LogP contribution in [0.4, 0.5) is 10.5 Å². The number of aliphatic hydroxyl groups excluding tert-OH is 1. The molecular formula is C32H41N5O7. The van der Waals surface area contributed by atoms with Crippen LogP contribution in [0, 0.1) is 5.92 Å². The molecule has 2 aromatic carbocycles. The highest BCUT2D eigenvalue weighted by molar-refractivity contribution is 6.01. The van der Waals surface area contributed by atoms with Crippen molar-refractivity contribution in [3.63, 3.8) is 0 Å². The fourth-order valence-corrected chi connectivity index (χ4v) is 5.70. The first-order chi connectivity index (χ1) is 21.0. The Balaban J connectivity index is 1.41. The molecule has 4 rings (SSSR count). The third kappa shape index (κ3) is 7.54. The Bertz CT molecular complexity index is 1350. The van der Waals surface area contributed by atoms with E-state index in [0.29, 0.717) is 18.4 Å². The van der Waals surface area contributed by atoms with Crippen LogP contribution in [0.15, 0.2) is 54.6 Å². The molecule has 2 aromatic rings. The average Bonchev–Trinajstić information content (AvgIpc) is 3.59. The first-order valence-corrected chi connectivity index (χ1v) is 14.8. The van der Waals surface area contributed by atoms with Crippen molar-refractivity contribution >= 4 is 35.3 Å². The molecule has 2 aliphatic rings. The van der Waals surface area contributed by atoms with E-state index in [1.165, 1.54) is 9.80 Å². The lowest BCUT2D eigenvalue weighted by Gasteiger charge is -2.29. The van der Waals surface area contributed by atoms with Crippen LogP contribution in [0.3, 0.4) is 0 Å². The number of fused-ring (bicyclic) bond motifs is 1. The van der Waals surface area contributed by atoms with E-state index in [2.05, 4.69) is 10.6 Å². The van der Waals surface area contributed by atoms with E-state index >= 15 is 0 Å². The minimum absolute atomic E-state index is 0.0154. The smallest absolute Gasteiger partial charge is 0.408 e. The summed E-state index contributed by atoms with van der Waals surface area (Å²) in [5, 5.41) is 15.2. The van der Waals surface area contributed by atoms with Crippen molar-refractivity contribution < 1.29 is 33.8 Å². The molecular weight excluding hydrogens is 566 g/mol. The molecule has 12 heteroatoms. The number of anilines is 1. The number of carbonyl (C=O) groups excluding carboxylic acids is 5. The lowest BCUT2D eigenvalue weighted by atomic mass is 10.0. The first kappa shape index (κ1) is 32.5. The number of likely N-dealkylation sites (tertiary alicyclic amines) is 2. The number of benzene rings is 2. The number of hydrogen-bond donors (Lipinski definition) is 3. The Hall–Kier alpha value is -4.45. The fraction of sp³-hybridized carbons (Fsp3) is 0.469. The summed E-state index contributed by atoms with van der Waals surface area (Å²) in [5.74, 6) is -1.64. The number of aliphatic hydroxyl groups is 1. The number of amides is 4. The summed E-state index contributed by atoms with van der Waals surface area (Å²) in [4.78, 5) is 70.6. The Kier molecular flexibility index (Phi) is 10.6. The van der Waals surface area contributed by atoms with E-state index in [1.54, 1.807) is 36.4 Å². The number of nitrogens with zero attached hydrogens (tertiary/aromatic N) is 3. The van der Waals surface area contributed by atoms with Gasteiger partial charge in [0.15, 0.2) is 5.78 Å². The predicted molar refractivity (Wildman–Crippen MR) is 163 cm³/mol. The van der Waals surface area contributed by atoms with Gasteiger partial charge < -0.3 is 35.2 Å². The minimum Gasteiger partial charge on any atom is -0.445 e. The molecule has 4 amide bonds. The summed E-state index contributed by atoms with van der Waals surface area (Å²) in [6.07, 6.45) is -0.166. The van der Waals surface area contributed by atoms with Crippen LogP contribution >= 0.6 is 0 Å². The van der Waals surface area contributed by atoms with Gasteiger partial charge in [-0.3, -0.25) is 19.2 Å². The third-order valence-corrected chi connectivity index (χ3v) is 7.93. The number of nitrogens with one attached hydrogen (secondary N) is 2. The van der Waals surface area contributed by atoms with Gasteiger partial charge in [0.25, 0.3) is 5.91 Å². The van der Waals surface area contributed by atoms with Crippen LogP contribution in [-0.4, -0.2) is 102 Å². The van der Waals surface area contributed by atoms with Crippen molar-refractivity contribution in [3.8, 4) is 0 Å². The molecule has 0 radical (unpaired) electrons. The van der Waals surface area contributed by atoms with Crippen molar-refractivity contribution in [3.05, 3.63) is 65.7 Å². The average molecular weight is 608 g/mol. The van der Waals surface area contributed by atoms with Gasteiger partial charge >= 0.3 is 6.09 Å². The highest BCUT2D eigenvalue weighted by Crippen LogP contribution is 2.31. The molecule has 2 heterocycles. The summed E-state index contributed by atoms with van der Waals surface area (Å²) in [6, 6.07) is 12.4. The van der Waals surface area contributed by atoms with Gasteiger partial charge in [-0.25, -0.2) is 4.79 Å². The Morgan fingerprint density at radius 2 is 1.61 bits per heavy atom. The van der Waals surface area contributed by atoms with Gasteiger partial charge in [-0.15, -0.1) is 0 Å². The third-order valence-electron chi connectivity index (χ3n) is 7.93. The van der Waals surface area contributed by atoms with E-state index in [9.17, 15) is 29.1 Å². The van der Waals surface area contributed by atoms with E-state index in [0.717, 1.165) is 11.3 Å². The number of Topliss-reactive ketones (excluding diaryl/α,β-unsaturated/α-hetero) is 1. The van der Waals surface area contributed by atoms with Gasteiger partial charge in [0.05, 0.1) is 19.2 Å². The second-order valence-corrected chi connectivity index (χ2v) is 11.8. The molecule has 2 saturated heterocycles. The van der Waals surface area contributed by atoms with Crippen LogP contribution in [0.25, 0.3) is 0 Å². The topological polar surface area (TPSA) is 149 Å². The van der Waals surface area contributed by atoms with Crippen molar-refractivity contribution in [1.29, 1.82) is 0 Å². The molecule has 236 valence electrons. The predicted octanol–water partition coefficient (Wildman–Crippen LogP) is 1.57. The van der Waals surface area contributed by atoms with Crippen LogP contribution in [-0.2, 0) is 25.7 Å². The van der Waals surface area contributed by atoms with Gasteiger partial charge in [-0.1, -0.05) is 44.2 Å². The maximum atomic E-state index is 13.8. The van der Waals surface area contributed by atoms with Gasteiger partial charge in [-0.2, -0.15) is 0 Å². The second-order valence-electron chi connectivity index (χ2n) is 11.8. The van der Waals surface area contributed by atoms with E-state index < -0.39 is 48.7 Å². The normalized spacial score (nSPS) is 18.9. The molecule has 0 aromatic heterocycles. The van der Waals surface area contributed by atoms with Gasteiger partial charge in [0, 0.05) is 31.9 Å². The largest absolute Gasteiger partial charge is 0.445 e. The maximum Gasteiger partial charge on any atom is 0.408 e. The van der Waals surface area contributed by atoms with Gasteiger partial charge in [0.1, 0.15) is 24.7 Å². The molecule has 2 fully saturated rings. The summed E-state index contributed by atoms with van der Waals surface area (Å²) < 4.78 is 5.18. The summed E-state index contributed by atoms with van der Waals surface area (Å²) in [7, 11) is 3.80.